The maximum absolute atomic E-state index is 6.08. The Morgan fingerprint density at radius 3 is 2.74 bits per heavy atom. The summed E-state index contributed by atoms with van der Waals surface area (Å²) in [6.45, 7) is 3.77. The number of hydrogen-bond donors (Lipinski definition) is 1. The van der Waals surface area contributed by atoms with Crippen LogP contribution in [0.5, 0.6) is 0 Å². The molecule has 4 heterocycles. The van der Waals surface area contributed by atoms with Crippen molar-refractivity contribution in [2.75, 3.05) is 5.32 Å². The van der Waals surface area contributed by atoms with Gasteiger partial charge in [-0.25, -0.2) is 15.0 Å². The molecule has 27 heavy (non-hydrogen) atoms. The molecule has 8 nitrogen and oxygen atoms in total. The van der Waals surface area contributed by atoms with E-state index in [1.807, 2.05) is 18.4 Å². The summed E-state index contributed by atoms with van der Waals surface area (Å²) in [4.78, 5) is 13.4. The highest BCUT2D eigenvalue weighted by molar-refractivity contribution is 5.82. The number of anilines is 1. The lowest BCUT2D eigenvalue weighted by Crippen LogP contribution is -2.28. The van der Waals surface area contributed by atoms with E-state index in [9.17, 15) is 0 Å². The highest BCUT2D eigenvalue weighted by atomic mass is 16.8. The van der Waals surface area contributed by atoms with Crippen LogP contribution in [-0.2, 0) is 14.2 Å². The standard InChI is InChI=1S/C19H23N5O3/c1-4-12-14-15(27-19(2,3)26-14)18(25-12)24-10-22-13-16(20-9-21-17(13)24)23-11-7-5-6-8-11/h1,9-12,14-15,18H,5-8H2,2-3H3,(H,20,21,23)/t12-,14-,15+,18?/m1/s1. The summed E-state index contributed by atoms with van der Waals surface area (Å²) in [5.74, 6) is 2.73. The molecule has 2 aliphatic heterocycles. The van der Waals surface area contributed by atoms with Gasteiger partial charge in [-0.15, -0.1) is 6.42 Å². The fraction of sp³-hybridized carbons (Fsp3) is 0.632. The number of nitrogens with one attached hydrogen (secondary N) is 1. The first kappa shape index (κ1) is 16.9. The average Bonchev–Trinajstić information content (AvgIpc) is 3.38. The van der Waals surface area contributed by atoms with Gasteiger partial charge in [0.2, 0.25) is 0 Å². The smallest absolute Gasteiger partial charge is 0.167 e. The van der Waals surface area contributed by atoms with E-state index in [0.717, 1.165) is 24.2 Å². The number of hydrogen-bond acceptors (Lipinski definition) is 7. The molecule has 0 aromatic carbocycles. The summed E-state index contributed by atoms with van der Waals surface area (Å²) < 4.78 is 20.0. The lowest BCUT2D eigenvalue weighted by Gasteiger charge is -2.23. The molecule has 142 valence electrons. The van der Waals surface area contributed by atoms with Gasteiger partial charge in [-0.05, 0) is 26.7 Å². The Bertz CT molecular complexity index is 898. The van der Waals surface area contributed by atoms with Crippen molar-refractivity contribution in [3.05, 3.63) is 12.7 Å². The van der Waals surface area contributed by atoms with E-state index in [4.69, 9.17) is 20.6 Å². The van der Waals surface area contributed by atoms with E-state index >= 15 is 0 Å². The molecule has 0 radical (unpaired) electrons. The fourth-order valence-electron chi connectivity index (χ4n) is 4.34. The monoisotopic (exact) mass is 369 g/mol. The molecule has 2 saturated heterocycles. The molecule has 8 heteroatoms. The van der Waals surface area contributed by atoms with Crippen LogP contribution < -0.4 is 5.32 Å². The summed E-state index contributed by atoms with van der Waals surface area (Å²) in [6.07, 6.45) is 12.2. The lowest BCUT2D eigenvalue weighted by molar-refractivity contribution is -0.190. The minimum absolute atomic E-state index is 0.314. The molecule has 1 N–H and O–H groups in total. The largest absolute Gasteiger partial charge is 0.365 e. The summed E-state index contributed by atoms with van der Waals surface area (Å²) >= 11 is 0. The van der Waals surface area contributed by atoms with E-state index in [1.165, 1.54) is 12.8 Å². The molecular weight excluding hydrogens is 346 g/mol. The van der Waals surface area contributed by atoms with Crippen molar-refractivity contribution in [2.45, 2.75) is 75.9 Å². The zero-order valence-corrected chi connectivity index (χ0v) is 15.5. The summed E-state index contributed by atoms with van der Waals surface area (Å²) in [5.41, 5.74) is 1.42. The zero-order valence-electron chi connectivity index (χ0n) is 15.5. The molecule has 1 aliphatic carbocycles. The van der Waals surface area contributed by atoms with E-state index in [-0.39, 0.29) is 12.2 Å². The van der Waals surface area contributed by atoms with Gasteiger partial charge in [-0.2, -0.15) is 0 Å². The van der Waals surface area contributed by atoms with Crippen molar-refractivity contribution in [2.24, 2.45) is 0 Å². The normalized spacial score (nSPS) is 32.6. The van der Waals surface area contributed by atoms with Gasteiger partial charge in [-0.1, -0.05) is 18.8 Å². The van der Waals surface area contributed by atoms with E-state index in [2.05, 4.69) is 26.2 Å². The fourth-order valence-corrected chi connectivity index (χ4v) is 4.34. The van der Waals surface area contributed by atoms with E-state index in [1.54, 1.807) is 12.7 Å². The van der Waals surface area contributed by atoms with Gasteiger partial charge >= 0.3 is 0 Å². The van der Waals surface area contributed by atoms with Gasteiger partial charge in [0.1, 0.15) is 24.6 Å². The van der Waals surface area contributed by atoms with Crippen molar-refractivity contribution in [1.29, 1.82) is 0 Å². The Balaban J connectivity index is 1.49. The number of rotatable bonds is 3. The molecule has 3 fully saturated rings. The molecule has 0 amide bonds. The van der Waals surface area contributed by atoms with Crippen LogP contribution in [0.1, 0.15) is 45.8 Å². The first-order valence-electron chi connectivity index (χ1n) is 9.47. The Labute approximate surface area is 157 Å². The van der Waals surface area contributed by atoms with Gasteiger partial charge in [0.25, 0.3) is 0 Å². The predicted molar refractivity (Wildman–Crippen MR) is 97.8 cm³/mol. The molecule has 4 atom stereocenters. The number of ether oxygens (including phenoxy) is 3. The van der Waals surface area contributed by atoms with Crippen molar-refractivity contribution in [3.8, 4) is 12.3 Å². The van der Waals surface area contributed by atoms with Gasteiger partial charge in [0, 0.05) is 6.04 Å². The maximum Gasteiger partial charge on any atom is 0.167 e. The molecular formula is C19H23N5O3. The van der Waals surface area contributed by atoms with Crippen molar-refractivity contribution in [1.82, 2.24) is 19.5 Å². The van der Waals surface area contributed by atoms with E-state index < -0.39 is 18.1 Å². The summed E-state index contributed by atoms with van der Waals surface area (Å²) in [6, 6.07) is 0.443. The highest BCUT2D eigenvalue weighted by Gasteiger charge is 2.55. The lowest BCUT2D eigenvalue weighted by atomic mass is 10.1. The highest BCUT2D eigenvalue weighted by Crippen LogP contribution is 2.43. The van der Waals surface area contributed by atoms with Gasteiger partial charge < -0.3 is 19.5 Å². The minimum Gasteiger partial charge on any atom is -0.365 e. The number of imidazole rings is 1. The quantitative estimate of drug-likeness (QED) is 0.831. The Morgan fingerprint density at radius 1 is 1.19 bits per heavy atom. The topological polar surface area (TPSA) is 83.3 Å². The molecule has 1 unspecified atom stereocenters. The third-order valence-electron chi connectivity index (χ3n) is 5.52. The second-order valence-corrected chi connectivity index (χ2v) is 7.85. The molecule has 2 aromatic heterocycles. The predicted octanol–water partition coefficient (Wildman–Crippen LogP) is 2.23. The molecule has 3 aliphatic rings. The Hall–Kier alpha value is -2.21. The van der Waals surface area contributed by atoms with Crippen LogP contribution in [0, 0.1) is 12.3 Å². The van der Waals surface area contributed by atoms with Gasteiger partial charge in [0.05, 0.1) is 6.33 Å². The molecule has 0 spiro atoms. The third-order valence-corrected chi connectivity index (χ3v) is 5.52. The average molecular weight is 369 g/mol. The second kappa shape index (κ2) is 6.16. The summed E-state index contributed by atoms with van der Waals surface area (Å²) in [7, 11) is 0. The molecule has 5 rings (SSSR count). The number of nitrogens with zero attached hydrogens (tertiary/aromatic N) is 4. The zero-order chi connectivity index (χ0) is 18.6. The van der Waals surface area contributed by atoms with Gasteiger partial charge in [0.15, 0.2) is 29.0 Å². The third kappa shape index (κ3) is 2.78. The van der Waals surface area contributed by atoms with Crippen LogP contribution in [0.15, 0.2) is 12.7 Å². The van der Waals surface area contributed by atoms with Gasteiger partial charge in [-0.3, -0.25) is 4.57 Å². The Kier molecular flexibility index (Phi) is 3.86. The number of aromatic nitrogens is 4. The first-order chi connectivity index (χ1) is 13.1. The van der Waals surface area contributed by atoms with Crippen molar-refractivity contribution in [3.63, 3.8) is 0 Å². The first-order valence-corrected chi connectivity index (χ1v) is 9.47. The molecule has 2 aromatic rings. The number of fused-ring (bicyclic) bond motifs is 2. The van der Waals surface area contributed by atoms with Crippen LogP contribution in [0.2, 0.25) is 0 Å². The van der Waals surface area contributed by atoms with Crippen molar-refractivity contribution < 1.29 is 14.2 Å². The number of terminal acetylenes is 1. The molecule has 1 saturated carbocycles. The van der Waals surface area contributed by atoms with Crippen LogP contribution >= 0.6 is 0 Å². The van der Waals surface area contributed by atoms with Crippen LogP contribution in [0.25, 0.3) is 11.2 Å². The second-order valence-electron chi connectivity index (χ2n) is 7.85. The van der Waals surface area contributed by atoms with Crippen LogP contribution in [0.3, 0.4) is 0 Å². The molecule has 0 bridgehead atoms. The SMILES string of the molecule is C#C[C@H]1OC(n2cnc3c(NC4CCCC4)ncnc32)[C@H]2OC(C)(C)O[C@@H]21. The minimum atomic E-state index is -0.701. The van der Waals surface area contributed by atoms with E-state index in [0.29, 0.717) is 11.7 Å². The Morgan fingerprint density at radius 2 is 1.96 bits per heavy atom. The summed E-state index contributed by atoms with van der Waals surface area (Å²) in [5, 5.41) is 3.51. The maximum atomic E-state index is 6.08. The van der Waals surface area contributed by atoms with Crippen LogP contribution in [-0.4, -0.2) is 49.7 Å². The van der Waals surface area contributed by atoms with Crippen molar-refractivity contribution >= 4 is 17.0 Å². The van der Waals surface area contributed by atoms with Crippen LogP contribution in [0.4, 0.5) is 5.82 Å².